The summed E-state index contributed by atoms with van der Waals surface area (Å²) in [4.78, 5) is 12.2. The summed E-state index contributed by atoms with van der Waals surface area (Å²) in [6.45, 7) is -0.825. The summed E-state index contributed by atoms with van der Waals surface area (Å²) >= 11 is 0. The van der Waals surface area contributed by atoms with Gasteiger partial charge in [-0.2, -0.15) is 8.78 Å². The lowest BCUT2D eigenvalue weighted by atomic mass is 10.2. The van der Waals surface area contributed by atoms with E-state index >= 15 is 0 Å². The van der Waals surface area contributed by atoms with Crippen LogP contribution in [0.3, 0.4) is 0 Å². The molecule has 0 aliphatic rings. The second-order valence-electron chi connectivity index (χ2n) is 4.14. The third-order valence-electron chi connectivity index (χ3n) is 2.67. The highest BCUT2D eigenvalue weighted by molar-refractivity contribution is 5.94. The Hall–Kier alpha value is -2.63. The molecule has 0 bridgehead atoms. The molecule has 6 heteroatoms. The maximum atomic E-state index is 12.4. The topological polar surface area (TPSA) is 44.8 Å². The molecular formula is C16H14F2O4. The summed E-state index contributed by atoms with van der Waals surface area (Å²) in [7, 11) is 0. The van der Waals surface area contributed by atoms with E-state index in [0.717, 1.165) is 0 Å². The molecule has 2 aromatic rings. The minimum absolute atomic E-state index is 0.0888. The molecule has 0 heterocycles. The van der Waals surface area contributed by atoms with Gasteiger partial charge in [-0.1, -0.05) is 24.3 Å². The van der Waals surface area contributed by atoms with Gasteiger partial charge in [-0.15, -0.1) is 0 Å². The van der Waals surface area contributed by atoms with Gasteiger partial charge in [-0.25, -0.2) is 4.79 Å². The Balaban J connectivity index is 2.23. The highest BCUT2D eigenvalue weighted by Gasteiger charge is 2.18. The number of alkyl halides is 2. The number of rotatable bonds is 6. The van der Waals surface area contributed by atoms with Crippen molar-refractivity contribution >= 4 is 5.97 Å². The zero-order valence-electron chi connectivity index (χ0n) is 11.8. The number of benzene rings is 2. The zero-order chi connectivity index (χ0) is 15.9. The first-order valence-corrected chi connectivity index (χ1v) is 6.59. The van der Waals surface area contributed by atoms with Gasteiger partial charge in [0, 0.05) is 0 Å². The van der Waals surface area contributed by atoms with E-state index in [-0.39, 0.29) is 17.1 Å². The van der Waals surface area contributed by atoms with Gasteiger partial charge in [0.25, 0.3) is 0 Å². The minimum Gasteiger partial charge on any atom is -0.490 e. The van der Waals surface area contributed by atoms with Crippen LogP contribution in [-0.2, 0) is 0 Å². The van der Waals surface area contributed by atoms with Crippen LogP contribution < -0.4 is 14.2 Å². The van der Waals surface area contributed by atoms with Crippen LogP contribution >= 0.6 is 0 Å². The molecular weight excluding hydrogens is 294 g/mol. The van der Waals surface area contributed by atoms with E-state index in [4.69, 9.17) is 9.47 Å². The highest BCUT2D eigenvalue weighted by atomic mass is 19.3. The maximum absolute atomic E-state index is 12.4. The Bertz CT molecular complexity index is 644. The molecule has 0 N–H and O–H groups in total. The quantitative estimate of drug-likeness (QED) is 0.599. The summed E-state index contributed by atoms with van der Waals surface area (Å²) in [5.74, 6) is -0.438. The van der Waals surface area contributed by atoms with Gasteiger partial charge in [-0.05, 0) is 31.2 Å². The first-order valence-electron chi connectivity index (χ1n) is 6.59. The molecule has 0 radical (unpaired) electrons. The van der Waals surface area contributed by atoms with E-state index in [1.54, 1.807) is 31.2 Å². The Morgan fingerprint density at radius 3 is 2.23 bits per heavy atom. The third kappa shape index (κ3) is 3.94. The van der Waals surface area contributed by atoms with Crippen LogP contribution in [0.2, 0.25) is 0 Å². The predicted molar refractivity (Wildman–Crippen MR) is 75.6 cm³/mol. The van der Waals surface area contributed by atoms with Gasteiger partial charge in [-0.3, -0.25) is 0 Å². The van der Waals surface area contributed by atoms with Gasteiger partial charge in [0.05, 0.1) is 6.61 Å². The van der Waals surface area contributed by atoms with Crippen molar-refractivity contribution in [1.82, 2.24) is 0 Å². The van der Waals surface area contributed by atoms with Gasteiger partial charge in [0.15, 0.2) is 11.5 Å². The van der Waals surface area contributed by atoms with E-state index in [9.17, 15) is 13.6 Å². The SMILES string of the molecule is CCOc1ccccc1OC(=O)c1ccccc1OC(F)F. The van der Waals surface area contributed by atoms with E-state index in [1.807, 2.05) is 0 Å². The van der Waals surface area contributed by atoms with E-state index in [0.29, 0.717) is 12.4 Å². The number of halogens is 2. The smallest absolute Gasteiger partial charge is 0.387 e. The van der Waals surface area contributed by atoms with Crippen LogP contribution in [0.5, 0.6) is 17.2 Å². The lowest BCUT2D eigenvalue weighted by Crippen LogP contribution is -2.13. The first-order chi connectivity index (χ1) is 10.6. The number of para-hydroxylation sites is 3. The van der Waals surface area contributed by atoms with Gasteiger partial charge in [0.1, 0.15) is 11.3 Å². The normalized spacial score (nSPS) is 10.4. The standard InChI is InChI=1S/C16H14F2O4/c1-2-20-13-9-5-6-10-14(13)21-15(19)11-7-3-4-8-12(11)22-16(17)18/h3-10,16H,2H2,1H3. The second kappa shape index (κ2) is 7.40. The zero-order valence-corrected chi connectivity index (χ0v) is 11.8. The van der Waals surface area contributed by atoms with Gasteiger partial charge < -0.3 is 14.2 Å². The summed E-state index contributed by atoms with van der Waals surface area (Å²) in [5.41, 5.74) is -0.0888. The van der Waals surface area contributed by atoms with Crippen molar-refractivity contribution in [1.29, 1.82) is 0 Å². The molecule has 2 rings (SSSR count). The van der Waals surface area contributed by atoms with E-state index < -0.39 is 12.6 Å². The van der Waals surface area contributed by atoms with Crippen molar-refractivity contribution in [3.05, 3.63) is 54.1 Å². The average Bonchev–Trinajstić information content (AvgIpc) is 2.49. The summed E-state index contributed by atoms with van der Waals surface area (Å²) in [5, 5.41) is 0. The molecule has 2 aromatic carbocycles. The Morgan fingerprint density at radius 2 is 1.59 bits per heavy atom. The van der Waals surface area contributed by atoms with Crippen molar-refractivity contribution < 1.29 is 27.8 Å². The van der Waals surface area contributed by atoms with Crippen LogP contribution in [0.1, 0.15) is 17.3 Å². The maximum Gasteiger partial charge on any atom is 0.387 e. The van der Waals surface area contributed by atoms with Gasteiger partial charge in [0.2, 0.25) is 0 Å². The molecule has 0 fully saturated rings. The number of hydrogen-bond donors (Lipinski definition) is 0. The third-order valence-corrected chi connectivity index (χ3v) is 2.67. The molecule has 0 atom stereocenters. The van der Waals surface area contributed by atoms with Crippen LogP contribution in [-0.4, -0.2) is 19.2 Å². The number of carbonyl (C=O) groups is 1. The molecule has 116 valence electrons. The van der Waals surface area contributed by atoms with Gasteiger partial charge >= 0.3 is 12.6 Å². The van der Waals surface area contributed by atoms with Crippen molar-refractivity contribution in [2.75, 3.05) is 6.61 Å². The van der Waals surface area contributed by atoms with Crippen LogP contribution in [0.15, 0.2) is 48.5 Å². The predicted octanol–water partition coefficient (Wildman–Crippen LogP) is 3.91. The molecule has 0 aliphatic carbocycles. The molecule has 0 aromatic heterocycles. The lowest BCUT2D eigenvalue weighted by molar-refractivity contribution is -0.0503. The van der Waals surface area contributed by atoms with Crippen LogP contribution in [0, 0.1) is 0 Å². The molecule has 0 saturated heterocycles. The fourth-order valence-electron chi connectivity index (χ4n) is 1.80. The fraction of sp³-hybridized carbons (Fsp3) is 0.188. The monoisotopic (exact) mass is 308 g/mol. The van der Waals surface area contributed by atoms with Crippen molar-refractivity contribution in [2.45, 2.75) is 13.5 Å². The number of ether oxygens (including phenoxy) is 3. The van der Waals surface area contributed by atoms with E-state index in [2.05, 4.69) is 4.74 Å². The Kier molecular flexibility index (Phi) is 5.30. The molecule has 22 heavy (non-hydrogen) atoms. The molecule has 0 unspecified atom stereocenters. The Morgan fingerprint density at radius 1 is 1.00 bits per heavy atom. The van der Waals surface area contributed by atoms with Crippen LogP contribution in [0.4, 0.5) is 8.78 Å². The summed E-state index contributed by atoms with van der Waals surface area (Å²) < 4.78 is 39.6. The van der Waals surface area contributed by atoms with Crippen molar-refractivity contribution in [3.63, 3.8) is 0 Å². The van der Waals surface area contributed by atoms with Crippen molar-refractivity contribution in [2.24, 2.45) is 0 Å². The summed E-state index contributed by atoms with van der Waals surface area (Å²) in [6, 6.07) is 12.3. The number of carbonyl (C=O) groups excluding carboxylic acids is 1. The van der Waals surface area contributed by atoms with Crippen LogP contribution in [0.25, 0.3) is 0 Å². The Labute approximate surface area is 126 Å². The highest BCUT2D eigenvalue weighted by Crippen LogP contribution is 2.29. The fourth-order valence-corrected chi connectivity index (χ4v) is 1.80. The molecule has 0 amide bonds. The largest absolute Gasteiger partial charge is 0.490 e. The lowest BCUT2D eigenvalue weighted by Gasteiger charge is -2.12. The molecule has 4 nitrogen and oxygen atoms in total. The average molecular weight is 308 g/mol. The summed E-state index contributed by atoms with van der Waals surface area (Å²) in [6.07, 6.45) is 0. The first kappa shape index (κ1) is 15.8. The number of hydrogen-bond acceptors (Lipinski definition) is 4. The van der Waals surface area contributed by atoms with E-state index in [1.165, 1.54) is 24.3 Å². The number of esters is 1. The molecule has 0 spiro atoms. The molecule has 0 aliphatic heterocycles. The van der Waals surface area contributed by atoms with Crippen molar-refractivity contribution in [3.8, 4) is 17.2 Å². The second-order valence-corrected chi connectivity index (χ2v) is 4.14. The molecule has 0 saturated carbocycles. The minimum atomic E-state index is -3.02.